The van der Waals surface area contributed by atoms with E-state index in [1.165, 1.54) is 12.1 Å². The molecule has 2 amide bonds. The predicted octanol–water partition coefficient (Wildman–Crippen LogP) is 5.06. The van der Waals surface area contributed by atoms with E-state index >= 15 is 0 Å². The first-order valence-corrected chi connectivity index (χ1v) is 14.9. The number of nitrogens with one attached hydrogen (secondary N) is 2. The van der Waals surface area contributed by atoms with Crippen LogP contribution in [0.15, 0.2) is 60.9 Å². The maximum absolute atomic E-state index is 14.4. The Labute approximate surface area is 247 Å². The lowest BCUT2D eigenvalue weighted by Crippen LogP contribution is -2.69. The van der Waals surface area contributed by atoms with Crippen LogP contribution in [0.25, 0.3) is 10.9 Å². The summed E-state index contributed by atoms with van der Waals surface area (Å²) >= 11 is 0. The minimum absolute atomic E-state index is 0.0266. The zero-order valence-corrected chi connectivity index (χ0v) is 23.8. The van der Waals surface area contributed by atoms with Gasteiger partial charge in [0.2, 0.25) is 11.8 Å². The molecule has 2 aromatic heterocycles. The minimum Gasteiger partial charge on any atom is -0.326 e. The Hall–Kier alpha value is -4.24. The number of aromatic nitrogens is 2. The number of carbonyl (C=O) groups excluding carboxylic acids is 2. The highest BCUT2D eigenvalue weighted by Crippen LogP contribution is 2.47. The number of halogens is 2. The summed E-state index contributed by atoms with van der Waals surface area (Å²) in [6.07, 6.45) is 8.04. The van der Waals surface area contributed by atoms with Crippen molar-refractivity contribution in [2.45, 2.75) is 68.5 Å². The van der Waals surface area contributed by atoms with Crippen molar-refractivity contribution in [1.82, 2.24) is 20.2 Å². The van der Waals surface area contributed by atoms with E-state index in [1.807, 2.05) is 25.1 Å². The second-order valence-corrected chi connectivity index (χ2v) is 12.9. The standard InChI is InChI=1S/C34H31F2N5O2/c1-32(24-12-25(35)14-26(36)13-24)19-39-34(6-2-3-7-34)31(43)41(32)18-20-9-21-10-22-15-33(16-23(22)11-28(21)38-17-20)27-5-4-8-37-29(27)40-30(33)42/h4-5,8-14,17,39H,2-3,6-7,15-16,18-19H2,1H3,(H,37,40,42)/t32-,33-/m0/s1. The highest BCUT2D eigenvalue weighted by Gasteiger charge is 2.54. The molecule has 2 aliphatic heterocycles. The highest BCUT2D eigenvalue weighted by atomic mass is 19.1. The number of benzene rings is 2. The van der Waals surface area contributed by atoms with E-state index in [2.05, 4.69) is 27.8 Å². The first-order valence-electron chi connectivity index (χ1n) is 14.9. The Morgan fingerprint density at radius 1 is 0.953 bits per heavy atom. The average Bonchev–Trinajstić information content (AvgIpc) is 3.68. The van der Waals surface area contributed by atoms with E-state index < -0.39 is 28.1 Å². The van der Waals surface area contributed by atoms with E-state index in [9.17, 15) is 18.4 Å². The number of fused-ring (bicyclic) bond motifs is 4. The molecular formula is C34H31F2N5O2. The van der Waals surface area contributed by atoms with E-state index in [0.29, 0.717) is 30.8 Å². The van der Waals surface area contributed by atoms with Crippen LogP contribution in [0.2, 0.25) is 0 Å². The molecule has 2 aliphatic carbocycles. The quantitative estimate of drug-likeness (QED) is 0.355. The fourth-order valence-electron chi connectivity index (χ4n) is 7.95. The van der Waals surface area contributed by atoms with Gasteiger partial charge in [0, 0.05) is 42.5 Å². The smallest absolute Gasteiger partial charge is 0.243 e. The van der Waals surface area contributed by atoms with Crippen LogP contribution in [0, 0.1) is 11.6 Å². The number of amides is 2. The number of hydrogen-bond donors (Lipinski definition) is 2. The molecule has 218 valence electrons. The molecule has 0 bridgehead atoms. The van der Waals surface area contributed by atoms with Crippen LogP contribution < -0.4 is 10.6 Å². The summed E-state index contributed by atoms with van der Waals surface area (Å²) in [6.45, 7) is 2.51. The molecule has 7 nitrogen and oxygen atoms in total. The van der Waals surface area contributed by atoms with Crippen LogP contribution in [0.1, 0.15) is 60.4 Å². The van der Waals surface area contributed by atoms with Gasteiger partial charge in [-0.15, -0.1) is 0 Å². The van der Waals surface area contributed by atoms with Crippen molar-refractivity contribution >= 4 is 28.5 Å². The van der Waals surface area contributed by atoms with Crippen molar-refractivity contribution in [3.8, 4) is 0 Å². The van der Waals surface area contributed by atoms with Crippen LogP contribution in [-0.4, -0.2) is 38.8 Å². The highest BCUT2D eigenvalue weighted by molar-refractivity contribution is 6.06. The van der Waals surface area contributed by atoms with Gasteiger partial charge in [-0.2, -0.15) is 0 Å². The van der Waals surface area contributed by atoms with Crippen LogP contribution in [0.4, 0.5) is 14.6 Å². The van der Waals surface area contributed by atoms with Crippen LogP contribution in [0.5, 0.6) is 0 Å². The van der Waals surface area contributed by atoms with E-state index in [-0.39, 0.29) is 18.4 Å². The van der Waals surface area contributed by atoms with Gasteiger partial charge < -0.3 is 15.5 Å². The zero-order chi connectivity index (χ0) is 29.6. The summed E-state index contributed by atoms with van der Waals surface area (Å²) in [4.78, 5) is 38.3. The molecule has 1 saturated carbocycles. The number of hydrogen-bond acceptors (Lipinski definition) is 5. The van der Waals surface area contributed by atoms with Gasteiger partial charge in [0.15, 0.2) is 0 Å². The molecule has 8 rings (SSSR count). The SMILES string of the molecule is C[C@@]1(c2cc(F)cc(F)c2)CNC2(CCCC2)C(=O)N1Cc1cnc2cc3c(cc2c1)C[C@@]1(C3)C(=O)Nc2ncccc21. The molecule has 4 aromatic rings. The summed E-state index contributed by atoms with van der Waals surface area (Å²) in [6, 6.07) is 13.6. The third kappa shape index (κ3) is 3.87. The van der Waals surface area contributed by atoms with Gasteiger partial charge in [0.25, 0.3) is 0 Å². The molecule has 43 heavy (non-hydrogen) atoms. The van der Waals surface area contributed by atoms with Crippen molar-refractivity contribution in [3.05, 3.63) is 100 Å². The van der Waals surface area contributed by atoms with Gasteiger partial charge in [-0.1, -0.05) is 18.9 Å². The second kappa shape index (κ2) is 9.13. The molecule has 4 aliphatic rings. The van der Waals surface area contributed by atoms with Gasteiger partial charge >= 0.3 is 0 Å². The molecule has 2 spiro atoms. The largest absolute Gasteiger partial charge is 0.326 e. The molecular weight excluding hydrogens is 548 g/mol. The molecule has 2 N–H and O–H groups in total. The van der Waals surface area contributed by atoms with Gasteiger partial charge in [-0.05, 0) is 91.3 Å². The fraction of sp³-hybridized carbons (Fsp3) is 0.353. The molecule has 0 radical (unpaired) electrons. The van der Waals surface area contributed by atoms with Crippen LogP contribution >= 0.6 is 0 Å². The van der Waals surface area contributed by atoms with Crippen molar-refractivity contribution < 1.29 is 18.4 Å². The lowest BCUT2D eigenvalue weighted by Gasteiger charge is -2.52. The third-order valence-electron chi connectivity index (χ3n) is 10.3. The third-order valence-corrected chi connectivity index (χ3v) is 10.3. The van der Waals surface area contributed by atoms with E-state index in [1.54, 1.807) is 17.3 Å². The number of piperazine rings is 1. The molecule has 4 heterocycles. The Kier molecular flexibility index (Phi) is 5.60. The topological polar surface area (TPSA) is 87.2 Å². The van der Waals surface area contributed by atoms with Gasteiger partial charge in [0.05, 0.1) is 22.0 Å². The first-order chi connectivity index (χ1) is 20.7. The average molecular weight is 580 g/mol. The number of rotatable bonds is 3. The Morgan fingerprint density at radius 2 is 1.70 bits per heavy atom. The lowest BCUT2D eigenvalue weighted by atomic mass is 9.79. The molecule has 9 heteroatoms. The molecule has 0 unspecified atom stereocenters. The molecule has 1 saturated heterocycles. The molecule has 2 fully saturated rings. The Balaban J connectivity index is 1.16. The molecule has 2 aromatic carbocycles. The summed E-state index contributed by atoms with van der Waals surface area (Å²) in [5.74, 6) is -0.774. The summed E-state index contributed by atoms with van der Waals surface area (Å²) in [5.41, 5.74) is 2.90. The number of pyridine rings is 2. The number of carbonyl (C=O) groups is 2. The molecule has 2 atom stereocenters. The number of anilines is 1. The van der Waals surface area contributed by atoms with Gasteiger partial charge in [-0.25, -0.2) is 13.8 Å². The second-order valence-electron chi connectivity index (χ2n) is 12.9. The van der Waals surface area contributed by atoms with Crippen LogP contribution in [0.3, 0.4) is 0 Å². The fourth-order valence-corrected chi connectivity index (χ4v) is 7.95. The van der Waals surface area contributed by atoms with Crippen LogP contribution in [-0.2, 0) is 39.9 Å². The first kappa shape index (κ1) is 26.4. The monoisotopic (exact) mass is 579 g/mol. The van der Waals surface area contributed by atoms with Crippen molar-refractivity contribution in [2.24, 2.45) is 0 Å². The van der Waals surface area contributed by atoms with E-state index in [4.69, 9.17) is 4.98 Å². The van der Waals surface area contributed by atoms with Gasteiger partial charge in [0.1, 0.15) is 17.5 Å². The van der Waals surface area contributed by atoms with Crippen molar-refractivity contribution in [1.29, 1.82) is 0 Å². The normalized spacial score (nSPS) is 25.5. The Morgan fingerprint density at radius 3 is 2.47 bits per heavy atom. The van der Waals surface area contributed by atoms with E-state index in [0.717, 1.165) is 64.9 Å². The van der Waals surface area contributed by atoms with Crippen molar-refractivity contribution in [2.75, 3.05) is 11.9 Å². The Bertz CT molecular complexity index is 1830. The number of nitrogens with zero attached hydrogens (tertiary/aromatic N) is 3. The zero-order valence-electron chi connectivity index (χ0n) is 23.8. The minimum atomic E-state index is -0.968. The lowest BCUT2D eigenvalue weighted by molar-refractivity contribution is -0.152. The maximum atomic E-state index is 14.4. The maximum Gasteiger partial charge on any atom is 0.243 e. The predicted molar refractivity (Wildman–Crippen MR) is 157 cm³/mol. The van der Waals surface area contributed by atoms with Gasteiger partial charge in [-0.3, -0.25) is 14.6 Å². The van der Waals surface area contributed by atoms with Crippen molar-refractivity contribution in [3.63, 3.8) is 0 Å². The summed E-state index contributed by atoms with van der Waals surface area (Å²) in [5, 5.41) is 7.38. The summed E-state index contributed by atoms with van der Waals surface area (Å²) in [7, 11) is 0. The summed E-state index contributed by atoms with van der Waals surface area (Å²) < 4.78 is 28.8.